The molecule has 0 radical (unpaired) electrons. The van der Waals surface area contributed by atoms with E-state index in [2.05, 4.69) is 10.3 Å². The second-order valence-corrected chi connectivity index (χ2v) is 6.75. The molecule has 1 aromatic carbocycles. The Bertz CT molecular complexity index is 896. The summed E-state index contributed by atoms with van der Waals surface area (Å²) in [4.78, 5) is 30.6. The molecule has 0 saturated heterocycles. The van der Waals surface area contributed by atoms with Crippen LogP contribution in [0.3, 0.4) is 0 Å². The van der Waals surface area contributed by atoms with Crippen LogP contribution in [0.4, 0.5) is 10.7 Å². The maximum absolute atomic E-state index is 12.8. The highest BCUT2D eigenvalue weighted by Gasteiger charge is 2.23. The van der Waals surface area contributed by atoms with E-state index in [4.69, 9.17) is 5.73 Å². The molecule has 0 saturated carbocycles. The van der Waals surface area contributed by atoms with Crippen molar-refractivity contribution in [2.24, 2.45) is 5.73 Å². The average molecular weight is 380 g/mol. The first-order valence-electron chi connectivity index (χ1n) is 8.52. The predicted octanol–water partition coefficient (Wildman–Crippen LogP) is 3.45. The Hall–Kier alpha value is -3.03. The molecule has 0 aliphatic carbocycles. The van der Waals surface area contributed by atoms with Crippen molar-refractivity contribution in [3.05, 3.63) is 77.4 Å². The van der Waals surface area contributed by atoms with Crippen molar-refractivity contribution in [1.29, 1.82) is 0 Å². The number of benzene rings is 1. The predicted molar refractivity (Wildman–Crippen MR) is 108 cm³/mol. The number of carbonyl (C=O) groups excluding carboxylic acids is 2. The number of rotatable bonds is 6. The molecule has 2 aromatic heterocycles. The van der Waals surface area contributed by atoms with Crippen LogP contribution >= 0.6 is 11.3 Å². The lowest BCUT2D eigenvalue weighted by atomic mass is 10.0. The summed E-state index contributed by atoms with van der Waals surface area (Å²) < 4.78 is 0. The summed E-state index contributed by atoms with van der Waals surface area (Å²) >= 11 is 1.50. The third-order valence-corrected chi connectivity index (χ3v) is 4.98. The summed E-state index contributed by atoms with van der Waals surface area (Å²) in [6.07, 6.45) is 3.22. The SMILES string of the molecule is CCN(C(=O)C(N)c1ccc(C(=O)Nc2ccncc2)cc1)c1cccs1. The molecule has 1 atom stereocenters. The molecule has 3 aromatic rings. The first-order valence-corrected chi connectivity index (χ1v) is 9.40. The van der Waals surface area contributed by atoms with Gasteiger partial charge in [0.2, 0.25) is 5.91 Å². The molecule has 0 bridgehead atoms. The Kier molecular flexibility index (Phi) is 5.95. The van der Waals surface area contributed by atoms with Gasteiger partial charge in [0.15, 0.2) is 0 Å². The van der Waals surface area contributed by atoms with Crippen molar-refractivity contribution in [1.82, 2.24) is 4.98 Å². The van der Waals surface area contributed by atoms with Gasteiger partial charge >= 0.3 is 0 Å². The maximum Gasteiger partial charge on any atom is 0.255 e. The number of anilines is 2. The van der Waals surface area contributed by atoms with Crippen molar-refractivity contribution in [2.75, 3.05) is 16.8 Å². The minimum Gasteiger partial charge on any atom is -0.322 e. The lowest BCUT2D eigenvalue weighted by molar-refractivity contribution is -0.119. The summed E-state index contributed by atoms with van der Waals surface area (Å²) in [5.41, 5.74) is 7.99. The number of nitrogens with one attached hydrogen (secondary N) is 1. The fraction of sp³-hybridized carbons (Fsp3) is 0.150. The minimum absolute atomic E-state index is 0.172. The van der Waals surface area contributed by atoms with Crippen molar-refractivity contribution in [3.63, 3.8) is 0 Å². The smallest absolute Gasteiger partial charge is 0.255 e. The Morgan fingerprint density at radius 3 is 2.44 bits per heavy atom. The van der Waals surface area contributed by atoms with Crippen LogP contribution in [0.5, 0.6) is 0 Å². The van der Waals surface area contributed by atoms with Crippen LogP contribution < -0.4 is 16.0 Å². The lowest BCUT2D eigenvalue weighted by Gasteiger charge is -2.23. The van der Waals surface area contributed by atoms with Gasteiger partial charge in [-0.25, -0.2) is 0 Å². The fourth-order valence-electron chi connectivity index (χ4n) is 2.63. The van der Waals surface area contributed by atoms with Gasteiger partial charge in [0.05, 0.1) is 5.00 Å². The number of hydrogen-bond acceptors (Lipinski definition) is 5. The number of carbonyl (C=O) groups is 2. The van der Waals surface area contributed by atoms with E-state index in [0.717, 1.165) is 5.00 Å². The molecule has 7 heteroatoms. The van der Waals surface area contributed by atoms with Gasteiger partial charge in [-0.1, -0.05) is 12.1 Å². The van der Waals surface area contributed by atoms with E-state index in [-0.39, 0.29) is 11.8 Å². The molecule has 0 aliphatic heterocycles. The number of hydrogen-bond donors (Lipinski definition) is 2. The zero-order valence-corrected chi connectivity index (χ0v) is 15.6. The number of pyridine rings is 1. The van der Waals surface area contributed by atoms with Crippen LogP contribution in [0, 0.1) is 0 Å². The highest BCUT2D eigenvalue weighted by Crippen LogP contribution is 2.24. The molecule has 2 heterocycles. The number of likely N-dealkylation sites (N-methyl/N-ethyl adjacent to an activating group) is 1. The molecule has 0 aliphatic rings. The molecule has 3 N–H and O–H groups in total. The minimum atomic E-state index is -0.788. The van der Waals surface area contributed by atoms with Gasteiger partial charge in [-0.05, 0) is 54.3 Å². The molecular formula is C20H20N4O2S. The quantitative estimate of drug-likeness (QED) is 0.685. The number of aromatic nitrogens is 1. The molecule has 138 valence electrons. The molecule has 0 fully saturated rings. The maximum atomic E-state index is 12.8. The van der Waals surface area contributed by atoms with E-state index >= 15 is 0 Å². The topological polar surface area (TPSA) is 88.3 Å². The highest BCUT2D eigenvalue weighted by atomic mass is 32.1. The second-order valence-electron chi connectivity index (χ2n) is 5.82. The Morgan fingerprint density at radius 1 is 1.15 bits per heavy atom. The fourth-order valence-corrected chi connectivity index (χ4v) is 3.43. The van der Waals surface area contributed by atoms with Crippen LogP contribution in [0.2, 0.25) is 0 Å². The average Bonchev–Trinajstić information content (AvgIpc) is 3.23. The lowest BCUT2D eigenvalue weighted by Crippen LogP contribution is -2.38. The third-order valence-electron chi connectivity index (χ3n) is 4.09. The zero-order valence-electron chi connectivity index (χ0n) is 14.8. The third kappa shape index (κ3) is 4.39. The molecule has 0 spiro atoms. The molecular weight excluding hydrogens is 360 g/mol. The van der Waals surface area contributed by atoms with Crippen molar-refractivity contribution >= 4 is 33.8 Å². The Balaban J connectivity index is 1.70. The van der Waals surface area contributed by atoms with E-state index in [1.807, 2.05) is 24.4 Å². The number of nitrogens with two attached hydrogens (primary N) is 1. The summed E-state index contributed by atoms with van der Waals surface area (Å²) in [5, 5.41) is 5.58. The largest absolute Gasteiger partial charge is 0.322 e. The summed E-state index contributed by atoms with van der Waals surface area (Å²) in [6.45, 7) is 2.45. The van der Waals surface area contributed by atoms with Crippen LogP contribution in [-0.4, -0.2) is 23.3 Å². The molecule has 1 unspecified atom stereocenters. The standard InChI is InChI=1S/C20H20N4O2S/c1-2-24(17-4-3-13-27-17)20(26)18(21)14-5-7-15(8-6-14)19(25)23-16-9-11-22-12-10-16/h3-13,18H,2,21H2,1H3,(H,22,23,25). The van der Waals surface area contributed by atoms with E-state index in [1.165, 1.54) is 11.3 Å². The summed E-state index contributed by atoms with van der Waals surface area (Å²) in [6, 6.07) is 13.2. The molecule has 3 rings (SSSR count). The van der Waals surface area contributed by atoms with Crippen LogP contribution in [-0.2, 0) is 4.79 Å². The van der Waals surface area contributed by atoms with Gasteiger partial charge in [0, 0.05) is 30.2 Å². The first-order chi connectivity index (χ1) is 13.1. The molecule has 6 nitrogen and oxygen atoms in total. The Morgan fingerprint density at radius 2 is 1.85 bits per heavy atom. The Labute approximate surface area is 161 Å². The number of amides is 2. The number of nitrogens with zero attached hydrogens (tertiary/aromatic N) is 2. The van der Waals surface area contributed by atoms with Crippen molar-refractivity contribution in [3.8, 4) is 0 Å². The zero-order chi connectivity index (χ0) is 19.2. The van der Waals surface area contributed by atoms with E-state index in [9.17, 15) is 9.59 Å². The van der Waals surface area contributed by atoms with Crippen LogP contribution in [0.1, 0.15) is 28.9 Å². The summed E-state index contributed by atoms with van der Waals surface area (Å²) in [5.74, 6) is -0.407. The van der Waals surface area contributed by atoms with Gasteiger partial charge < -0.3 is 16.0 Å². The highest BCUT2D eigenvalue weighted by molar-refractivity contribution is 7.14. The van der Waals surface area contributed by atoms with Crippen molar-refractivity contribution < 1.29 is 9.59 Å². The van der Waals surface area contributed by atoms with Crippen molar-refractivity contribution in [2.45, 2.75) is 13.0 Å². The summed E-state index contributed by atoms with van der Waals surface area (Å²) in [7, 11) is 0. The van der Waals surface area contributed by atoms with Gasteiger partial charge in [0.25, 0.3) is 5.91 Å². The molecule has 2 amide bonds. The van der Waals surface area contributed by atoms with Gasteiger partial charge in [0.1, 0.15) is 6.04 Å². The first kappa shape index (κ1) is 18.8. The van der Waals surface area contributed by atoms with Gasteiger partial charge in [-0.15, -0.1) is 11.3 Å². The molecule has 27 heavy (non-hydrogen) atoms. The normalized spacial score (nSPS) is 11.6. The second kappa shape index (κ2) is 8.57. The van der Waals surface area contributed by atoms with Gasteiger partial charge in [-0.3, -0.25) is 14.6 Å². The van der Waals surface area contributed by atoms with Crippen LogP contribution in [0.25, 0.3) is 0 Å². The van der Waals surface area contributed by atoms with Gasteiger partial charge in [-0.2, -0.15) is 0 Å². The van der Waals surface area contributed by atoms with Crippen LogP contribution in [0.15, 0.2) is 66.3 Å². The van der Waals surface area contributed by atoms with E-state index < -0.39 is 6.04 Å². The number of thiophene rings is 1. The monoisotopic (exact) mass is 380 g/mol. The van der Waals surface area contributed by atoms with E-state index in [0.29, 0.717) is 23.4 Å². The van der Waals surface area contributed by atoms with E-state index in [1.54, 1.807) is 53.7 Å².